The monoisotopic (exact) mass is 169 g/mol. The van der Waals surface area contributed by atoms with Gasteiger partial charge in [-0.3, -0.25) is 4.79 Å². The molecule has 3 radical (unpaired) electrons. The van der Waals surface area contributed by atoms with Gasteiger partial charge in [0, 0.05) is 6.92 Å². The first-order valence-corrected chi connectivity index (χ1v) is 3.33. The molecule has 0 aromatic carbocycles. The predicted octanol–water partition coefficient (Wildman–Crippen LogP) is 1.79. The Balaban J connectivity index is -0.000000109. The van der Waals surface area contributed by atoms with Gasteiger partial charge in [0.25, 0.3) is 0 Å². The number of carbonyl (C=O) groups excluding carboxylic acids is 1. The molecule has 0 aliphatic heterocycles. The molecule has 0 aromatic heterocycles. The molecule has 0 rings (SSSR count). The Bertz CT molecular complexity index is 111. The van der Waals surface area contributed by atoms with Crippen molar-refractivity contribution in [2.45, 2.75) is 6.92 Å². The number of esters is 1. The highest BCUT2D eigenvalue weighted by Gasteiger charge is 1.79. The summed E-state index contributed by atoms with van der Waals surface area (Å²) in [6, 6.07) is 0. The van der Waals surface area contributed by atoms with Gasteiger partial charge in [0.05, 0.1) is 16.5 Å². The minimum absolute atomic E-state index is 0.329. The first-order chi connectivity index (χ1) is 5.18. The maximum Gasteiger partial charge on any atom is 0.307 e. The minimum Gasteiger partial charge on any atom is -0.435 e. The predicted molar refractivity (Wildman–Crippen MR) is 49.2 cm³/mol. The van der Waals surface area contributed by atoms with E-state index in [1.807, 2.05) is 0 Å². The molecule has 0 N–H and O–H groups in total. The van der Waals surface area contributed by atoms with Gasteiger partial charge >= 0.3 is 5.97 Å². The van der Waals surface area contributed by atoms with Crippen LogP contribution in [0.15, 0.2) is 38.3 Å². The molecule has 0 fully saturated rings. The van der Waals surface area contributed by atoms with Crippen LogP contribution >= 0.6 is 0 Å². The summed E-state index contributed by atoms with van der Waals surface area (Å²) in [6.07, 6.45) is 1.10. The fourth-order valence-electron chi connectivity index (χ4n) is 0.117. The van der Waals surface area contributed by atoms with Crippen LogP contribution in [0.25, 0.3) is 0 Å². The highest BCUT2D eigenvalue weighted by Crippen LogP contribution is 1.70. The highest BCUT2D eigenvalue weighted by molar-refractivity contribution is 6.16. The van der Waals surface area contributed by atoms with Crippen molar-refractivity contribution in [3.63, 3.8) is 0 Å². The van der Waals surface area contributed by atoms with E-state index in [4.69, 9.17) is 0 Å². The summed E-state index contributed by atoms with van der Waals surface area (Å²) >= 11 is 0. The van der Waals surface area contributed by atoms with Crippen molar-refractivity contribution in [3.05, 3.63) is 38.3 Å². The molecule has 0 aliphatic rings. The van der Waals surface area contributed by atoms with Crippen LogP contribution in [-0.2, 0) is 9.53 Å². The first-order valence-electron chi connectivity index (χ1n) is 2.75. The molecule has 0 aromatic rings. The van der Waals surface area contributed by atoms with E-state index in [1.54, 1.807) is 5.70 Å². The lowest BCUT2D eigenvalue weighted by Crippen LogP contribution is -1.87. The van der Waals surface area contributed by atoms with Crippen molar-refractivity contribution in [1.82, 2.24) is 0 Å². The molecule has 11 heavy (non-hydrogen) atoms. The van der Waals surface area contributed by atoms with Gasteiger partial charge in [-0.2, -0.15) is 0 Å². The molecule has 0 saturated carbocycles. The summed E-state index contributed by atoms with van der Waals surface area (Å²) in [5.74, 6) is -0.329. The van der Waals surface area contributed by atoms with E-state index < -0.39 is 0 Å². The normalized spacial score (nSPS) is 5.27. The maximum atomic E-state index is 9.75. The molecule has 0 amide bonds. The van der Waals surface area contributed by atoms with Gasteiger partial charge in [-0.15, -0.1) is 25.4 Å². The number of carbonyl (C=O) groups is 1. The number of ether oxygens (including phenoxy) is 1. The fraction of sp³-hybridized carbons (Fsp3) is 0.125. The molecule has 2 nitrogen and oxygen atoms in total. The average molecular weight is 169 g/mol. The Kier molecular flexibility index (Phi) is 34.6. The second kappa shape index (κ2) is 23.1. The largest absolute Gasteiger partial charge is 0.435 e. The Morgan fingerprint density at radius 2 is 1.73 bits per heavy atom. The van der Waals surface area contributed by atoms with E-state index >= 15 is 0 Å². The number of hydrogen-bond donors (Lipinski definition) is 0. The second-order valence-electron chi connectivity index (χ2n) is 0.980. The molecule has 0 bridgehead atoms. The van der Waals surface area contributed by atoms with Crippen molar-refractivity contribution < 1.29 is 9.53 Å². The zero-order valence-electron chi connectivity index (χ0n) is 6.80. The molecule has 0 aliphatic carbocycles. The zero-order chi connectivity index (χ0) is 9.70. The molecule has 0 heterocycles. The summed E-state index contributed by atoms with van der Waals surface area (Å²) in [5.41, 5.74) is 1.56. The van der Waals surface area contributed by atoms with Crippen molar-refractivity contribution in [3.8, 4) is 0 Å². The van der Waals surface area contributed by atoms with E-state index in [-0.39, 0.29) is 5.97 Å². The van der Waals surface area contributed by atoms with E-state index in [0.29, 0.717) is 0 Å². The quantitative estimate of drug-likeness (QED) is 0.259. The highest BCUT2D eigenvalue weighted by atomic mass is 28.1. The van der Waals surface area contributed by atoms with Gasteiger partial charge in [-0.05, 0) is 0 Å². The van der Waals surface area contributed by atoms with Crippen LogP contribution in [0, 0.1) is 0 Å². The van der Waals surface area contributed by atoms with Gasteiger partial charge in [0.2, 0.25) is 0 Å². The van der Waals surface area contributed by atoms with Gasteiger partial charge in [-0.25, -0.2) is 0 Å². The van der Waals surface area contributed by atoms with Gasteiger partial charge in [0.1, 0.15) is 0 Å². The maximum absolute atomic E-state index is 9.75. The zero-order valence-corrected chi connectivity index (χ0v) is 7.80. The molecule has 3 heteroatoms. The SMILES string of the molecule is C=C.C=COC(C)=O.C=C[Si]. The van der Waals surface area contributed by atoms with Gasteiger partial charge in [-0.1, -0.05) is 6.58 Å². The van der Waals surface area contributed by atoms with Gasteiger partial charge in [0.15, 0.2) is 0 Å². The van der Waals surface area contributed by atoms with Crippen LogP contribution in [0.1, 0.15) is 6.92 Å². The third-order valence-electron chi connectivity index (χ3n) is 0.249. The summed E-state index contributed by atoms with van der Waals surface area (Å²) < 4.78 is 4.17. The minimum atomic E-state index is -0.329. The smallest absolute Gasteiger partial charge is 0.307 e. The molecule has 0 saturated heterocycles. The summed E-state index contributed by atoms with van der Waals surface area (Å²) in [6.45, 7) is 13.8. The van der Waals surface area contributed by atoms with E-state index in [2.05, 4.69) is 41.3 Å². The molecular weight excluding hydrogens is 156 g/mol. The first kappa shape index (κ1) is 16.5. The molecule has 61 valence electrons. The fourth-order valence-corrected chi connectivity index (χ4v) is 0.117. The molecule has 0 unspecified atom stereocenters. The van der Waals surface area contributed by atoms with Crippen LogP contribution in [0.5, 0.6) is 0 Å². The van der Waals surface area contributed by atoms with Crippen LogP contribution in [-0.4, -0.2) is 16.2 Å². The van der Waals surface area contributed by atoms with E-state index in [0.717, 1.165) is 6.26 Å². The lowest BCUT2D eigenvalue weighted by Gasteiger charge is -1.83. The molecular formula is C8H13O2Si. The van der Waals surface area contributed by atoms with Crippen molar-refractivity contribution in [2.24, 2.45) is 0 Å². The van der Waals surface area contributed by atoms with Crippen molar-refractivity contribution in [1.29, 1.82) is 0 Å². The third kappa shape index (κ3) is 117. The Hall–Kier alpha value is -1.09. The van der Waals surface area contributed by atoms with E-state index in [1.165, 1.54) is 6.92 Å². The Labute approximate surface area is 71.7 Å². The third-order valence-corrected chi connectivity index (χ3v) is 0.249. The van der Waals surface area contributed by atoms with Crippen LogP contribution < -0.4 is 0 Å². The van der Waals surface area contributed by atoms with Crippen LogP contribution in [0.4, 0.5) is 0 Å². The van der Waals surface area contributed by atoms with Crippen LogP contribution in [0.3, 0.4) is 0 Å². The number of hydrogen-bond acceptors (Lipinski definition) is 2. The second-order valence-corrected chi connectivity index (χ2v) is 1.39. The number of rotatable bonds is 1. The van der Waals surface area contributed by atoms with Crippen molar-refractivity contribution in [2.75, 3.05) is 0 Å². The molecule has 0 spiro atoms. The van der Waals surface area contributed by atoms with Gasteiger partial charge < -0.3 is 4.74 Å². The van der Waals surface area contributed by atoms with Crippen molar-refractivity contribution >= 4 is 16.2 Å². The lowest BCUT2D eigenvalue weighted by molar-refractivity contribution is -0.135. The standard InChI is InChI=1S/C4H6O2.C2H3Si.C2H4/c1-3-6-4(2)5;1-2-3;1-2/h3H,1H2,2H3;2H,1H2;1-2H2. The van der Waals surface area contributed by atoms with E-state index in [9.17, 15) is 4.79 Å². The summed E-state index contributed by atoms with van der Waals surface area (Å²) in [4.78, 5) is 9.75. The lowest BCUT2D eigenvalue weighted by atomic mass is 10.8. The molecule has 0 atom stereocenters. The summed E-state index contributed by atoms with van der Waals surface area (Å²) in [5, 5.41) is 0. The Morgan fingerprint density at radius 1 is 1.45 bits per heavy atom. The summed E-state index contributed by atoms with van der Waals surface area (Å²) in [7, 11) is 2.95. The Morgan fingerprint density at radius 3 is 1.73 bits per heavy atom. The average Bonchev–Trinajstić information content (AvgIpc) is 1.93. The van der Waals surface area contributed by atoms with Crippen LogP contribution in [0.2, 0.25) is 0 Å². The topological polar surface area (TPSA) is 26.3 Å².